The number of nitrogens with zero attached hydrogens (tertiary/aromatic N) is 3. The van der Waals surface area contributed by atoms with Crippen LogP contribution in [0.1, 0.15) is 45.5 Å². The van der Waals surface area contributed by atoms with E-state index in [1.165, 1.54) is 23.5 Å². The first kappa shape index (κ1) is 30.2. The molecule has 0 saturated carbocycles. The summed E-state index contributed by atoms with van der Waals surface area (Å²) in [5.74, 6) is -0.273. The number of carbonyl (C=O) groups is 3. The Morgan fingerprint density at radius 3 is 2.53 bits per heavy atom. The number of rotatable bonds is 12. The number of amides is 2. The summed E-state index contributed by atoms with van der Waals surface area (Å²) in [4.78, 5) is 39.4. The normalized spacial score (nSPS) is 12.1. The molecule has 10 nitrogen and oxygen atoms in total. The summed E-state index contributed by atoms with van der Waals surface area (Å²) in [6, 6.07) is 13.0. The Labute approximate surface area is 256 Å². The van der Waals surface area contributed by atoms with Crippen molar-refractivity contribution in [3.8, 4) is 11.4 Å². The van der Waals surface area contributed by atoms with Gasteiger partial charge in [-0.15, -0.1) is 21.5 Å². The summed E-state index contributed by atoms with van der Waals surface area (Å²) in [5.41, 5.74) is 2.80. The number of hydrogen-bond acceptors (Lipinski definition) is 9. The predicted octanol–water partition coefficient (Wildman–Crippen LogP) is 4.73. The molecular formula is C30H30FN5O5S2. The number of fused-ring (bicyclic) bond motifs is 1. The summed E-state index contributed by atoms with van der Waals surface area (Å²) < 4.78 is 25.8. The second kappa shape index (κ2) is 13.8. The topological polar surface area (TPSA) is 124 Å². The molecule has 2 aromatic heterocycles. The molecule has 224 valence electrons. The molecule has 5 rings (SSSR count). The molecule has 0 saturated heterocycles. The van der Waals surface area contributed by atoms with E-state index in [4.69, 9.17) is 9.47 Å². The van der Waals surface area contributed by atoms with Crippen LogP contribution in [0.25, 0.3) is 5.69 Å². The summed E-state index contributed by atoms with van der Waals surface area (Å²) in [7, 11) is 1.58. The first-order valence-corrected chi connectivity index (χ1v) is 15.5. The summed E-state index contributed by atoms with van der Waals surface area (Å²) in [6.45, 7) is 2.06. The van der Waals surface area contributed by atoms with E-state index >= 15 is 0 Å². The molecule has 4 aromatic rings. The molecule has 0 aliphatic heterocycles. The highest BCUT2D eigenvalue weighted by atomic mass is 32.2. The Kier molecular flexibility index (Phi) is 9.72. The van der Waals surface area contributed by atoms with Crippen molar-refractivity contribution in [2.45, 2.75) is 44.3 Å². The van der Waals surface area contributed by atoms with Crippen LogP contribution in [0.4, 0.5) is 9.39 Å². The minimum absolute atomic E-state index is 0.0199. The molecule has 0 spiro atoms. The van der Waals surface area contributed by atoms with Crippen LogP contribution < -0.4 is 15.4 Å². The van der Waals surface area contributed by atoms with E-state index in [-0.39, 0.29) is 37.1 Å². The highest BCUT2D eigenvalue weighted by Gasteiger charge is 2.28. The zero-order valence-electron chi connectivity index (χ0n) is 23.6. The van der Waals surface area contributed by atoms with Crippen LogP contribution in [0.2, 0.25) is 0 Å². The van der Waals surface area contributed by atoms with Gasteiger partial charge in [-0.05, 0) is 73.7 Å². The number of nitrogens with one attached hydrogen (secondary N) is 2. The molecule has 0 unspecified atom stereocenters. The van der Waals surface area contributed by atoms with E-state index in [0.717, 1.165) is 47.0 Å². The van der Waals surface area contributed by atoms with Crippen LogP contribution in [0, 0.1) is 5.82 Å². The van der Waals surface area contributed by atoms with Gasteiger partial charge in [-0.25, -0.2) is 9.18 Å². The molecule has 2 amide bonds. The number of aryl methyl sites for hydroxylation is 1. The van der Waals surface area contributed by atoms with Gasteiger partial charge in [0, 0.05) is 10.6 Å². The molecule has 0 radical (unpaired) electrons. The van der Waals surface area contributed by atoms with Gasteiger partial charge in [-0.1, -0.05) is 23.9 Å². The second-order valence-corrected chi connectivity index (χ2v) is 11.7. The third-order valence-corrected chi connectivity index (χ3v) is 8.87. The van der Waals surface area contributed by atoms with Crippen molar-refractivity contribution in [1.29, 1.82) is 0 Å². The van der Waals surface area contributed by atoms with Crippen molar-refractivity contribution in [3.63, 3.8) is 0 Å². The highest BCUT2D eigenvalue weighted by Crippen LogP contribution is 2.39. The van der Waals surface area contributed by atoms with Crippen molar-refractivity contribution >= 4 is 45.9 Å². The molecule has 2 aromatic carbocycles. The standard InChI is InChI=1S/C30H30FN5O5S2/c1-3-41-29(39)27-22-5-4-6-23(22)43-28(27)33-26(38)17-42-30-35-34-24(36(30)20-11-9-19(31)10-12-20)16-32-25(37)15-18-7-13-21(40-2)14-8-18/h7-14H,3-6,15-17H2,1-2H3,(H,32,37)(H,33,38). The third-order valence-electron chi connectivity index (χ3n) is 6.74. The van der Waals surface area contributed by atoms with E-state index in [1.54, 1.807) is 42.9 Å². The maximum absolute atomic E-state index is 13.7. The fourth-order valence-corrected chi connectivity index (χ4v) is 6.80. The van der Waals surface area contributed by atoms with Gasteiger partial charge in [0.25, 0.3) is 0 Å². The average Bonchev–Trinajstić information content (AvgIpc) is 3.71. The molecule has 43 heavy (non-hydrogen) atoms. The zero-order valence-corrected chi connectivity index (χ0v) is 25.3. The summed E-state index contributed by atoms with van der Waals surface area (Å²) in [6.07, 6.45) is 2.79. The lowest BCUT2D eigenvalue weighted by atomic mass is 10.1. The van der Waals surface area contributed by atoms with Crippen LogP contribution in [0.15, 0.2) is 53.7 Å². The van der Waals surface area contributed by atoms with E-state index in [0.29, 0.717) is 33.0 Å². The Morgan fingerprint density at radius 1 is 1.05 bits per heavy atom. The largest absolute Gasteiger partial charge is 0.497 e. The number of methoxy groups -OCH3 is 1. The van der Waals surface area contributed by atoms with Crippen LogP contribution in [0.3, 0.4) is 0 Å². The second-order valence-electron chi connectivity index (χ2n) is 9.63. The molecular weight excluding hydrogens is 593 g/mol. The average molecular weight is 624 g/mol. The summed E-state index contributed by atoms with van der Waals surface area (Å²) >= 11 is 2.55. The monoisotopic (exact) mass is 623 g/mol. The number of anilines is 1. The Bertz CT molecular complexity index is 1620. The first-order valence-electron chi connectivity index (χ1n) is 13.7. The molecule has 0 bridgehead atoms. The predicted molar refractivity (Wildman–Crippen MR) is 162 cm³/mol. The van der Waals surface area contributed by atoms with Crippen LogP contribution >= 0.6 is 23.1 Å². The minimum atomic E-state index is -0.431. The molecule has 0 atom stereocenters. The van der Waals surface area contributed by atoms with Gasteiger partial charge >= 0.3 is 5.97 Å². The number of thioether (sulfide) groups is 1. The van der Waals surface area contributed by atoms with Gasteiger partial charge < -0.3 is 20.1 Å². The van der Waals surface area contributed by atoms with Gasteiger partial charge in [0.15, 0.2) is 11.0 Å². The Morgan fingerprint density at radius 2 is 1.81 bits per heavy atom. The number of esters is 1. The van der Waals surface area contributed by atoms with Gasteiger partial charge in [0.1, 0.15) is 16.6 Å². The van der Waals surface area contributed by atoms with Crippen molar-refractivity contribution < 1.29 is 28.2 Å². The zero-order chi connectivity index (χ0) is 30.3. The van der Waals surface area contributed by atoms with Crippen LogP contribution in [0.5, 0.6) is 5.75 Å². The van der Waals surface area contributed by atoms with E-state index in [2.05, 4.69) is 20.8 Å². The van der Waals surface area contributed by atoms with Gasteiger partial charge in [-0.2, -0.15) is 0 Å². The molecule has 13 heteroatoms. The van der Waals surface area contributed by atoms with Crippen molar-refractivity contribution in [2.75, 3.05) is 24.8 Å². The van der Waals surface area contributed by atoms with Crippen molar-refractivity contribution in [1.82, 2.24) is 20.1 Å². The van der Waals surface area contributed by atoms with E-state index < -0.39 is 11.8 Å². The number of hydrogen-bond donors (Lipinski definition) is 2. The highest BCUT2D eigenvalue weighted by molar-refractivity contribution is 7.99. The third kappa shape index (κ3) is 7.23. The van der Waals surface area contributed by atoms with Crippen LogP contribution in [-0.2, 0) is 40.1 Å². The lowest BCUT2D eigenvalue weighted by molar-refractivity contribution is -0.120. The number of aromatic nitrogens is 3. The molecule has 1 aliphatic rings. The lowest BCUT2D eigenvalue weighted by Gasteiger charge is -2.11. The fraction of sp³-hybridized carbons (Fsp3) is 0.300. The maximum atomic E-state index is 13.7. The molecule has 0 fully saturated rings. The molecule has 2 heterocycles. The van der Waals surface area contributed by atoms with Gasteiger partial charge in [-0.3, -0.25) is 14.2 Å². The SMILES string of the molecule is CCOC(=O)c1c(NC(=O)CSc2nnc(CNC(=O)Cc3ccc(OC)cc3)n2-c2ccc(F)cc2)sc2c1CCC2. The number of carbonyl (C=O) groups excluding carboxylic acids is 3. The Balaban J connectivity index is 1.28. The van der Waals surface area contributed by atoms with Crippen molar-refractivity contribution in [3.05, 3.63) is 81.7 Å². The summed E-state index contributed by atoms with van der Waals surface area (Å²) in [5, 5.41) is 15.1. The lowest BCUT2D eigenvalue weighted by Crippen LogP contribution is -2.26. The van der Waals surface area contributed by atoms with Gasteiger partial charge in [0.2, 0.25) is 11.8 Å². The first-order chi connectivity index (χ1) is 20.9. The van der Waals surface area contributed by atoms with Gasteiger partial charge in [0.05, 0.1) is 38.0 Å². The van der Waals surface area contributed by atoms with Crippen LogP contribution in [-0.4, -0.2) is 52.0 Å². The van der Waals surface area contributed by atoms with Crippen molar-refractivity contribution in [2.24, 2.45) is 0 Å². The smallest absolute Gasteiger partial charge is 0.341 e. The van der Waals surface area contributed by atoms with E-state index in [9.17, 15) is 18.8 Å². The fourth-order valence-electron chi connectivity index (χ4n) is 4.73. The quantitative estimate of drug-likeness (QED) is 0.172. The number of ether oxygens (including phenoxy) is 2. The number of benzene rings is 2. The number of thiophene rings is 1. The van der Waals surface area contributed by atoms with E-state index in [1.807, 2.05) is 12.1 Å². The number of halogens is 1. The Hall–Kier alpha value is -4.23. The minimum Gasteiger partial charge on any atom is -0.497 e. The molecule has 2 N–H and O–H groups in total. The maximum Gasteiger partial charge on any atom is 0.341 e. The molecule has 1 aliphatic carbocycles.